The van der Waals surface area contributed by atoms with Gasteiger partial charge in [0.15, 0.2) is 0 Å². The molecule has 0 bridgehead atoms. The van der Waals surface area contributed by atoms with Crippen LogP contribution < -0.4 is 4.74 Å². The molecular weight excluding hydrogens is 472 g/mol. The average molecular weight is 507 g/mol. The van der Waals surface area contributed by atoms with Gasteiger partial charge in [0.05, 0.1) is 12.7 Å². The monoisotopic (exact) mass is 506 g/mol. The first-order chi connectivity index (χ1) is 16.6. The van der Waals surface area contributed by atoms with E-state index in [0.29, 0.717) is 18.1 Å². The molecule has 4 rings (SSSR count). The van der Waals surface area contributed by atoms with E-state index in [4.69, 9.17) is 40.0 Å². The van der Waals surface area contributed by atoms with E-state index in [9.17, 15) is 5.11 Å². The Balaban J connectivity index is 1.58. The Labute approximate surface area is 212 Å². The van der Waals surface area contributed by atoms with Crippen LogP contribution in [-0.2, 0) is 30.1 Å². The van der Waals surface area contributed by atoms with Crippen LogP contribution in [0.5, 0.6) is 5.75 Å². The molecule has 2 saturated heterocycles. The molecule has 0 spiro atoms. The molecule has 7 atom stereocenters. The lowest BCUT2D eigenvalue weighted by Gasteiger charge is -2.56. The molecule has 1 N–H and O–H groups in total. The van der Waals surface area contributed by atoms with E-state index in [1.165, 1.54) is 14.2 Å². The van der Waals surface area contributed by atoms with Crippen LogP contribution in [0.25, 0.3) is 0 Å². The lowest BCUT2D eigenvalue weighted by molar-refractivity contribution is -0.471. The van der Waals surface area contributed by atoms with E-state index in [1.54, 1.807) is 13.8 Å². The number of hydrogen-bond acceptors (Lipinski definition) is 7. The van der Waals surface area contributed by atoms with Gasteiger partial charge in [0.1, 0.15) is 30.2 Å². The Morgan fingerprint density at radius 1 is 0.971 bits per heavy atom. The molecule has 8 heteroatoms. The molecule has 0 aromatic heterocycles. The zero-order chi connectivity index (χ0) is 25.4. The molecule has 0 amide bonds. The van der Waals surface area contributed by atoms with Gasteiger partial charge in [-0.05, 0) is 69.0 Å². The molecule has 2 heterocycles. The smallest absolute Gasteiger partial charge is 0.220 e. The number of aliphatic hydroxyl groups excluding tert-OH is 1. The summed E-state index contributed by atoms with van der Waals surface area (Å²) < 4.78 is 35.6. The normalized spacial score (nSPS) is 34.9. The highest BCUT2D eigenvalue weighted by Gasteiger charge is 2.61. The minimum atomic E-state index is -1.22. The number of hydrogen-bond donors (Lipinski definition) is 1. The van der Waals surface area contributed by atoms with Gasteiger partial charge in [-0.15, -0.1) is 0 Å². The zero-order valence-corrected chi connectivity index (χ0v) is 21.9. The van der Waals surface area contributed by atoms with Gasteiger partial charge in [-0.3, -0.25) is 0 Å². The molecule has 2 aromatic carbocycles. The zero-order valence-electron chi connectivity index (χ0n) is 21.1. The van der Waals surface area contributed by atoms with Crippen molar-refractivity contribution >= 4 is 11.6 Å². The van der Waals surface area contributed by atoms with Gasteiger partial charge in [0.2, 0.25) is 11.6 Å². The van der Waals surface area contributed by atoms with Gasteiger partial charge in [-0.1, -0.05) is 35.9 Å². The van der Waals surface area contributed by atoms with Crippen LogP contribution in [0.1, 0.15) is 50.5 Å². The SMILES string of the molecule is CCOc1ccc(Cc2cc([C@@H]3O[C@H](C)[C@@H]4OC(C)(OC)C(C)(OC)O[C@@H]4C3O)ccc2Cl)cc1. The summed E-state index contributed by atoms with van der Waals surface area (Å²) in [5, 5.41) is 12.0. The molecule has 2 aliphatic heterocycles. The fourth-order valence-electron chi connectivity index (χ4n) is 4.80. The highest BCUT2D eigenvalue weighted by molar-refractivity contribution is 6.31. The Bertz CT molecular complexity index is 1020. The number of aliphatic hydroxyl groups is 1. The summed E-state index contributed by atoms with van der Waals surface area (Å²) in [6, 6.07) is 13.7. The first kappa shape index (κ1) is 26.4. The first-order valence-corrected chi connectivity index (χ1v) is 12.3. The van der Waals surface area contributed by atoms with E-state index in [0.717, 1.165) is 22.4 Å². The van der Waals surface area contributed by atoms with E-state index >= 15 is 0 Å². The summed E-state index contributed by atoms with van der Waals surface area (Å²) in [6.45, 7) is 7.99. The molecule has 2 aromatic rings. The van der Waals surface area contributed by atoms with E-state index < -0.39 is 36.0 Å². The van der Waals surface area contributed by atoms with Gasteiger partial charge in [0.25, 0.3) is 0 Å². The predicted molar refractivity (Wildman–Crippen MR) is 132 cm³/mol. The summed E-state index contributed by atoms with van der Waals surface area (Å²) in [4.78, 5) is 0. The third-order valence-corrected chi connectivity index (χ3v) is 7.52. The molecule has 2 fully saturated rings. The van der Waals surface area contributed by atoms with Crippen LogP contribution in [0.4, 0.5) is 0 Å². The van der Waals surface area contributed by atoms with Gasteiger partial charge < -0.3 is 33.5 Å². The molecule has 7 nitrogen and oxygen atoms in total. The quantitative estimate of drug-likeness (QED) is 0.585. The van der Waals surface area contributed by atoms with E-state index in [1.807, 2.05) is 56.3 Å². The highest BCUT2D eigenvalue weighted by Crippen LogP contribution is 2.46. The van der Waals surface area contributed by atoms with Crippen molar-refractivity contribution in [2.45, 2.75) is 76.2 Å². The molecular formula is C27H35ClO7. The maximum atomic E-state index is 11.4. The maximum absolute atomic E-state index is 11.4. The molecule has 3 unspecified atom stereocenters. The number of rotatable bonds is 7. The summed E-state index contributed by atoms with van der Waals surface area (Å²) in [5.41, 5.74) is 2.86. The molecule has 2 aliphatic rings. The first-order valence-electron chi connectivity index (χ1n) is 11.9. The minimum absolute atomic E-state index is 0.366. The largest absolute Gasteiger partial charge is 0.494 e. The van der Waals surface area contributed by atoms with Crippen molar-refractivity contribution in [1.29, 1.82) is 0 Å². The molecule has 0 aliphatic carbocycles. The summed E-state index contributed by atoms with van der Waals surface area (Å²) in [6.07, 6.45) is -2.57. The van der Waals surface area contributed by atoms with Gasteiger partial charge in [-0.2, -0.15) is 0 Å². The molecule has 192 valence electrons. The summed E-state index contributed by atoms with van der Waals surface area (Å²) >= 11 is 6.54. The van der Waals surface area contributed by atoms with E-state index in [-0.39, 0.29) is 6.10 Å². The van der Waals surface area contributed by atoms with Crippen molar-refractivity contribution in [3.05, 3.63) is 64.2 Å². The van der Waals surface area contributed by atoms with Crippen molar-refractivity contribution in [2.24, 2.45) is 0 Å². The van der Waals surface area contributed by atoms with Crippen LogP contribution in [0.15, 0.2) is 42.5 Å². The standard InChI is InChI=1S/C27H35ClO7/c1-7-32-20-11-8-17(9-12-20)14-19-15-18(10-13-21(19)28)24-22(29)25-23(16(2)33-24)34-26(3,30-5)27(4,31-6)35-25/h8-13,15-16,22-25,29H,7,14H2,1-6H3/t16-,22?,23+,24+,25-,26?,27?/m1/s1. The highest BCUT2D eigenvalue weighted by atomic mass is 35.5. The van der Waals surface area contributed by atoms with Crippen LogP contribution in [0.3, 0.4) is 0 Å². The van der Waals surface area contributed by atoms with Crippen molar-refractivity contribution < 1.29 is 33.5 Å². The van der Waals surface area contributed by atoms with Crippen molar-refractivity contribution in [1.82, 2.24) is 0 Å². The van der Waals surface area contributed by atoms with Gasteiger partial charge in [0, 0.05) is 19.2 Å². The summed E-state index contributed by atoms with van der Waals surface area (Å²) in [5.74, 6) is -1.55. The number of halogens is 1. The van der Waals surface area contributed by atoms with E-state index in [2.05, 4.69) is 0 Å². The Morgan fingerprint density at radius 2 is 1.60 bits per heavy atom. The van der Waals surface area contributed by atoms with Crippen molar-refractivity contribution in [3.63, 3.8) is 0 Å². The molecule has 35 heavy (non-hydrogen) atoms. The Kier molecular flexibility index (Phi) is 7.79. The Morgan fingerprint density at radius 3 is 2.20 bits per heavy atom. The van der Waals surface area contributed by atoms with Gasteiger partial charge >= 0.3 is 0 Å². The number of ether oxygens (including phenoxy) is 6. The Hall–Kier alpha value is -1.71. The third kappa shape index (κ3) is 4.96. The number of benzene rings is 2. The lowest BCUT2D eigenvalue weighted by atomic mass is 9.88. The summed E-state index contributed by atoms with van der Waals surface area (Å²) in [7, 11) is 3.06. The number of fused-ring (bicyclic) bond motifs is 1. The van der Waals surface area contributed by atoms with Crippen molar-refractivity contribution in [3.8, 4) is 5.75 Å². The molecule has 0 saturated carbocycles. The van der Waals surface area contributed by atoms with Crippen LogP contribution >= 0.6 is 11.6 Å². The number of methoxy groups -OCH3 is 2. The van der Waals surface area contributed by atoms with Crippen LogP contribution in [0, 0.1) is 0 Å². The average Bonchev–Trinajstić information content (AvgIpc) is 2.85. The topological polar surface area (TPSA) is 75.6 Å². The lowest BCUT2D eigenvalue weighted by Crippen LogP contribution is -2.71. The maximum Gasteiger partial charge on any atom is 0.220 e. The van der Waals surface area contributed by atoms with Crippen LogP contribution in [-0.4, -0.2) is 61.9 Å². The minimum Gasteiger partial charge on any atom is -0.494 e. The van der Waals surface area contributed by atoms with Crippen molar-refractivity contribution in [2.75, 3.05) is 20.8 Å². The van der Waals surface area contributed by atoms with Crippen LogP contribution in [0.2, 0.25) is 5.02 Å². The second kappa shape index (κ2) is 10.3. The fourth-order valence-corrected chi connectivity index (χ4v) is 4.98. The second-order valence-corrected chi connectivity index (χ2v) is 9.73. The predicted octanol–water partition coefficient (Wildman–Crippen LogP) is 4.66. The second-order valence-electron chi connectivity index (χ2n) is 9.32. The van der Waals surface area contributed by atoms with Gasteiger partial charge in [-0.25, -0.2) is 0 Å². The fraction of sp³-hybridized carbons (Fsp3) is 0.556. The third-order valence-electron chi connectivity index (χ3n) is 7.15. The molecule has 0 radical (unpaired) electrons.